The summed E-state index contributed by atoms with van der Waals surface area (Å²) in [5.41, 5.74) is -0.590. The second-order valence-electron chi connectivity index (χ2n) is 5.92. The van der Waals surface area contributed by atoms with Gasteiger partial charge in [-0.2, -0.15) is 4.31 Å². The first kappa shape index (κ1) is 16.7. The third-order valence-corrected chi connectivity index (χ3v) is 6.10. The fraction of sp³-hybridized carbons (Fsp3) is 0.923. The third-order valence-electron chi connectivity index (χ3n) is 4.80. The standard InChI is InChI=1S/C13H25N3O4S/c1-14-13(12(17)20-2)5-4-11(10-13)15-6-8-16(9-7-15)21(3,18)19/h11,14H,4-10H2,1-3H3. The van der Waals surface area contributed by atoms with E-state index in [1.165, 1.54) is 17.7 Å². The van der Waals surface area contributed by atoms with Crippen molar-refractivity contribution < 1.29 is 17.9 Å². The highest BCUT2D eigenvalue weighted by Crippen LogP contribution is 2.34. The zero-order chi connectivity index (χ0) is 15.7. The molecule has 8 heteroatoms. The molecule has 0 bridgehead atoms. The molecule has 2 fully saturated rings. The molecule has 122 valence electrons. The average Bonchev–Trinajstić information content (AvgIpc) is 2.91. The largest absolute Gasteiger partial charge is 0.468 e. The van der Waals surface area contributed by atoms with Crippen molar-refractivity contribution in [1.29, 1.82) is 0 Å². The van der Waals surface area contributed by atoms with Crippen LogP contribution in [0.2, 0.25) is 0 Å². The highest BCUT2D eigenvalue weighted by molar-refractivity contribution is 7.88. The van der Waals surface area contributed by atoms with Crippen LogP contribution in [0.25, 0.3) is 0 Å². The molecule has 1 aliphatic heterocycles. The Hall–Kier alpha value is -0.700. The Kier molecular flexibility index (Phi) is 4.92. The lowest BCUT2D eigenvalue weighted by Gasteiger charge is -2.37. The summed E-state index contributed by atoms with van der Waals surface area (Å²) >= 11 is 0. The molecule has 1 N–H and O–H groups in total. The van der Waals surface area contributed by atoms with Crippen LogP contribution in [0, 0.1) is 0 Å². The predicted octanol–water partition coefficient (Wildman–Crippen LogP) is -0.753. The average molecular weight is 319 g/mol. The molecule has 0 aromatic rings. The zero-order valence-electron chi connectivity index (χ0n) is 13.0. The van der Waals surface area contributed by atoms with Crippen molar-refractivity contribution in [2.75, 3.05) is 46.6 Å². The third kappa shape index (κ3) is 3.39. The quantitative estimate of drug-likeness (QED) is 0.687. The minimum absolute atomic E-state index is 0.206. The number of carbonyl (C=O) groups excluding carboxylic acids is 1. The van der Waals surface area contributed by atoms with E-state index in [0.717, 1.165) is 32.4 Å². The maximum atomic E-state index is 12.0. The molecule has 0 aromatic carbocycles. The van der Waals surface area contributed by atoms with Gasteiger partial charge >= 0.3 is 5.97 Å². The van der Waals surface area contributed by atoms with Gasteiger partial charge in [0.1, 0.15) is 5.54 Å². The van der Waals surface area contributed by atoms with E-state index in [4.69, 9.17) is 4.74 Å². The molecule has 21 heavy (non-hydrogen) atoms. The van der Waals surface area contributed by atoms with Crippen molar-refractivity contribution in [3.63, 3.8) is 0 Å². The summed E-state index contributed by atoms with van der Waals surface area (Å²) in [6.45, 7) is 2.50. The molecular formula is C13H25N3O4S. The van der Waals surface area contributed by atoms with Crippen LogP contribution in [-0.4, -0.2) is 81.8 Å². The predicted molar refractivity (Wildman–Crippen MR) is 79.4 cm³/mol. The lowest BCUT2D eigenvalue weighted by Crippen LogP contribution is -2.53. The number of esters is 1. The highest BCUT2D eigenvalue weighted by atomic mass is 32.2. The Morgan fingerprint density at radius 3 is 2.38 bits per heavy atom. The van der Waals surface area contributed by atoms with Crippen LogP contribution in [-0.2, 0) is 19.6 Å². The number of hydrogen-bond acceptors (Lipinski definition) is 6. The van der Waals surface area contributed by atoms with Crippen LogP contribution in [0.15, 0.2) is 0 Å². The molecule has 2 unspecified atom stereocenters. The topological polar surface area (TPSA) is 79.0 Å². The molecular weight excluding hydrogens is 294 g/mol. The zero-order valence-corrected chi connectivity index (χ0v) is 13.8. The Bertz CT molecular complexity index is 488. The number of hydrogen-bond donors (Lipinski definition) is 1. The van der Waals surface area contributed by atoms with Crippen LogP contribution in [0.5, 0.6) is 0 Å². The summed E-state index contributed by atoms with van der Waals surface area (Å²) in [6.07, 6.45) is 3.65. The second-order valence-corrected chi connectivity index (χ2v) is 7.90. The summed E-state index contributed by atoms with van der Waals surface area (Å²) in [5, 5.41) is 3.12. The van der Waals surface area contributed by atoms with Crippen molar-refractivity contribution in [2.24, 2.45) is 0 Å². The van der Waals surface area contributed by atoms with Crippen LogP contribution >= 0.6 is 0 Å². The Morgan fingerprint density at radius 2 is 1.90 bits per heavy atom. The number of ether oxygens (including phenoxy) is 1. The lowest BCUT2D eigenvalue weighted by atomic mass is 9.97. The summed E-state index contributed by atoms with van der Waals surface area (Å²) in [7, 11) is 0.111. The molecule has 1 heterocycles. The highest BCUT2D eigenvalue weighted by Gasteiger charge is 2.47. The van der Waals surface area contributed by atoms with Gasteiger partial charge in [0.15, 0.2) is 0 Å². The van der Waals surface area contributed by atoms with E-state index in [0.29, 0.717) is 19.1 Å². The summed E-state index contributed by atoms with van der Waals surface area (Å²) in [5.74, 6) is -0.206. The van der Waals surface area contributed by atoms with Crippen LogP contribution in [0.4, 0.5) is 0 Å². The van der Waals surface area contributed by atoms with Gasteiger partial charge < -0.3 is 10.1 Å². The molecule has 0 amide bonds. The minimum atomic E-state index is -3.10. The van der Waals surface area contributed by atoms with E-state index in [1.54, 1.807) is 7.05 Å². The number of piperazine rings is 1. The van der Waals surface area contributed by atoms with E-state index < -0.39 is 15.6 Å². The fourth-order valence-electron chi connectivity index (χ4n) is 3.44. The first-order valence-electron chi connectivity index (χ1n) is 7.29. The van der Waals surface area contributed by atoms with Crippen molar-refractivity contribution >= 4 is 16.0 Å². The van der Waals surface area contributed by atoms with Crippen LogP contribution in [0.3, 0.4) is 0 Å². The van der Waals surface area contributed by atoms with Gasteiger partial charge in [0, 0.05) is 32.2 Å². The van der Waals surface area contributed by atoms with Gasteiger partial charge in [-0.15, -0.1) is 0 Å². The molecule has 1 saturated heterocycles. The van der Waals surface area contributed by atoms with E-state index in [9.17, 15) is 13.2 Å². The van der Waals surface area contributed by atoms with Gasteiger partial charge in [-0.3, -0.25) is 9.69 Å². The van der Waals surface area contributed by atoms with E-state index >= 15 is 0 Å². The first-order valence-corrected chi connectivity index (χ1v) is 9.14. The maximum Gasteiger partial charge on any atom is 0.326 e. The van der Waals surface area contributed by atoms with Crippen molar-refractivity contribution in [2.45, 2.75) is 30.8 Å². The fourth-order valence-corrected chi connectivity index (χ4v) is 4.27. The molecule has 0 aromatic heterocycles. The van der Waals surface area contributed by atoms with E-state index in [2.05, 4.69) is 10.2 Å². The van der Waals surface area contributed by atoms with Gasteiger partial charge in [0.25, 0.3) is 0 Å². The van der Waals surface area contributed by atoms with Gasteiger partial charge in [-0.25, -0.2) is 8.42 Å². The lowest BCUT2D eigenvalue weighted by molar-refractivity contribution is -0.148. The maximum absolute atomic E-state index is 12.0. The van der Waals surface area contributed by atoms with Crippen molar-refractivity contribution in [1.82, 2.24) is 14.5 Å². The summed E-state index contributed by atoms with van der Waals surface area (Å²) < 4.78 is 29.5. The molecule has 0 radical (unpaired) electrons. The van der Waals surface area contributed by atoms with Crippen molar-refractivity contribution in [3.8, 4) is 0 Å². The SMILES string of the molecule is CNC1(C(=O)OC)CCC(N2CCN(S(C)(=O)=O)CC2)C1. The molecule has 1 saturated carbocycles. The Balaban J connectivity index is 1.96. The Labute approximate surface area is 126 Å². The number of methoxy groups -OCH3 is 1. The van der Waals surface area contributed by atoms with Gasteiger partial charge in [0.2, 0.25) is 10.0 Å². The molecule has 0 spiro atoms. The minimum Gasteiger partial charge on any atom is -0.468 e. The number of rotatable bonds is 4. The van der Waals surface area contributed by atoms with E-state index in [-0.39, 0.29) is 5.97 Å². The van der Waals surface area contributed by atoms with E-state index in [1.807, 2.05) is 0 Å². The van der Waals surface area contributed by atoms with Crippen LogP contribution in [0.1, 0.15) is 19.3 Å². The van der Waals surface area contributed by atoms with Gasteiger partial charge in [-0.05, 0) is 26.3 Å². The first-order chi connectivity index (χ1) is 9.82. The van der Waals surface area contributed by atoms with Crippen molar-refractivity contribution in [3.05, 3.63) is 0 Å². The number of sulfonamides is 1. The van der Waals surface area contributed by atoms with Gasteiger partial charge in [0.05, 0.1) is 13.4 Å². The molecule has 2 atom stereocenters. The summed E-state index contributed by atoms with van der Waals surface area (Å²) in [6, 6.07) is 0.304. The summed E-state index contributed by atoms with van der Waals surface area (Å²) in [4.78, 5) is 14.3. The molecule has 7 nitrogen and oxygen atoms in total. The van der Waals surface area contributed by atoms with Gasteiger partial charge in [-0.1, -0.05) is 0 Å². The molecule has 1 aliphatic carbocycles. The second kappa shape index (κ2) is 6.20. The monoisotopic (exact) mass is 319 g/mol. The number of carbonyl (C=O) groups is 1. The van der Waals surface area contributed by atoms with Crippen LogP contribution < -0.4 is 5.32 Å². The number of likely N-dealkylation sites (N-methyl/N-ethyl adjacent to an activating group) is 1. The molecule has 2 rings (SSSR count). The number of nitrogens with one attached hydrogen (secondary N) is 1. The normalized spacial score (nSPS) is 32.2. The Morgan fingerprint density at radius 1 is 1.29 bits per heavy atom. The smallest absolute Gasteiger partial charge is 0.326 e. The number of nitrogens with zero attached hydrogens (tertiary/aromatic N) is 2. The molecule has 2 aliphatic rings.